The van der Waals surface area contributed by atoms with Crippen molar-refractivity contribution in [1.82, 2.24) is 9.97 Å². The Bertz CT molecular complexity index is 231. The molecule has 0 aliphatic heterocycles. The largest absolute Gasteiger partial charge is 2.00 e. The third kappa shape index (κ3) is 4.92. The van der Waals surface area contributed by atoms with Gasteiger partial charge in [-0.25, -0.2) is 12.1 Å². The zero-order valence-corrected chi connectivity index (χ0v) is 8.48. The van der Waals surface area contributed by atoms with Crippen LogP contribution in [-0.4, -0.2) is 9.97 Å². The first kappa shape index (κ1) is 11.2. The summed E-state index contributed by atoms with van der Waals surface area (Å²) >= 11 is 0. The maximum atomic E-state index is 2.94. The van der Waals surface area contributed by atoms with Crippen LogP contribution in [0.3, 0.4) is 0 Å². The van der Waals surface area contributed by atoms with Crippen LogP contribution in [0.15, 0.2) is 30.6 Å². The zero-order valence-electron chi connectivity index (χ0n) is 6.74. The fourth-order valence-corrected chi connectivity index (χ4v) is 0.616. The molecular formula is C9H10N2Ru. The van der Waals surface area contributed by atoms with E-state index in [4.69, 9.17) is 0 Å². The topological polar surface area (TPSA) is 31.6 Å². The van der Waals surface area contributed by atoms with Crippen LogP contribution in [0.2, 0.25) is 0 Å². The molecule has 0 saturated heterocycles. The SMILES string of the molecule is Cc1[c-]cc[nH]1.[Ru+2].[c-]1ccc[nH]1. The van der Waals surface area contributed by atoms with Crippen molar-refractivity contribution in [1.29, 1.82) is 0 Å². The summed E-state index contributed by atoms with van der Waals surface area (Å²) in [5.74, 6) is 0. The van der Waals surface area contributed by atoms with Gasteiger partial charge in [-0.05, 0) is 6.92 Å². The summed E-state index contributed by atoms with van der Waals surface area (Å²) in [5, 5.41) is 0. The Balaban J connectivity index is 0.000000189. The van der Waals surface area contributed by atoms with Crippen LogP contribution in [0.4, 0.5) is 0 Å². The third-order valence-electron chi connectivity index (χ3n) is 1.13. The van der Waals surface area contributed by atoms with Crippen LogP contribution in [0.1, 0.15) is 5.69 Å². The minimum atomic E-state index is 0. The van der Waals surface area contributed by atoms with E-state index in [0.29, 0.717) is 0 Å². The molecule has 2 N–H and O–H groups in total. The number of H-pyrrole nitrogens is 2. The molecule has 2 rings (SSSR count). The number of hydrogen-bond donors (Lipinski definition) is 2. The molecule has 0 radical (unpaired) electrons. The second-order valence-corrected chi connectivity index (χ2v) is 2.06. The summed E-state index contributed by atoms with van der Waals surface area (Å²) in [4.78, 5) is 5.68. The summed E-state index contributed by atoms with van der Waals surface area (Å²) in [6, 6.07) is 8.51. The van der Waals surface area contributed by atoms with E-state index in [1.165, 1.54) is 0 Å². The quantitative estimate of drug-likeness (QED) is 0.526. The smallest absolute Gasteiger partial charge is 0.484 e. The first-order valence-electron chi connectivity index (χ1n) is 3.40. The number of rotatable bonds is 0. The molecule has 0 aliphatic carbocycles. The number of aromatic nitrogens is 2. The average Bonchev–Trinajstić information content (AvgIpc) is 2.57. The normalized spacial score (nSPS) is 7.75. The summed E-state index contributed by atoms with van der Waals surface area (Å²) in [6.07, 6.45) is 6.41. The van der Waals surface area contributed by atoms with E-state index >= 15 is 0 Å². The van der Waals surface area contributed by atoms with Crippen molar-refractivity contribution in [2.45, 2.75) is 6.92 Å². The number of nitrogens with one attached hydrogen (secondary N) is 2. The fraction of sp³-hybridized carbons (Fsp3) is 0.111. The zero-order chi connectivity index (χ0) is 7.94. The molecule has 2 nitrogen and oxygen atoms in total. The Labute approximate surface area is 85.2 Å². The Morgan fingerprint density at radius 3 is 2.25 bits per heavy atom. The van der Waals surface area contributed by atoms with Gasteiger partial charge in [-0.3, -0.25) is 0 Å². The van der Waals surface area contributed by atoms with Gasteiger partial charge in [0.1, 0.15) is 0 Å². The first-order valence-corrected chi connectivity index (χ1v) is 3.40. The van der Waals surface area contributed by atoms with Crippen molar-refractivity contribution in [3.05, 3.63) is 48.5 Å². The summed E-state index contributed by atoms with van der Waals surface area (Å²) in [5.41, 5.74) is 1.09. The van der Waals surface area contributed by atoms with Crippen molar-refractivity contribution in [2.24, 2.45) is 0 Å². The van der Waals surface area contributed by atoms with E-state index in [1.54, 1.807) is 0 Å². The van der Waals surface area contributed by atoms with Crippen LogP contribution >= 0.6 is 0 Å². The van der Waals surface area contributed by atoms with E-state index in [0.717, 1.165) is 5.69 Å². The molecule has 2 heterocycles. The van der Waals surface area contributed by atoms with E-state index in [1.807, 2.05) is 37.5 Å². The molecule has 0 aliphatic rings. The Morgan fingerprint density at radius 1 is 1.25 bits per heavy atom. The van der Waals surface area contributed by atoms with Gasteiger partial charge in [0.15, 0.2) is 0 Å². The summed E-state index contributed by atoms with van der Waals surface area (Å²) in [6.45, 7) is 1.97. The minimum absolute atomic E-state index is 0. The molecule has 0 bridgehead atoms. The predicted molar refractivity (Wildman–Crippen MR) is 44.0 cm³/mol. The van der Waals surface area contributed by atoms with Gasteiger partial charge in [0.05, 0.1) is 0 Å². The van der Waals surface area contributed by atoms with Gasteiger partial charge in [-0.1, -0.05) is 5.69 Å². The second kappa shape index (κ2) is 6.87. The molecule has 0 atom stereocenters. The molecule has 0 amide bonds. The van der Waals surface area contributed by atoms with Crippen molar-refractivity contribution in [3.8, 4) is 0 Å². The Kier molecular flexibility index (Phi) is 6.40. The minimum Gasteiger partial charge on any atom is -0.484 e. The number of aryl methyl sites for hydroxylation is 1. The average molecular weight is 247 g/mol. The molecule has 2 aromatic heterocycles. The van der Waals surface area contributed by atoms with Gasteiger partial charge in [0.25, 0.3) is 0 Å². The molecule has 0 fully saturated rings. The van der Waals surface area contributed by atoms with Crippen LogP contribution in [0, 0.1) is 19.2 Å². The van der Waals surface area contributed by atoms with Crippen molar-refractivity contribution in [2.75, 3.05) is 0 Å². The van der Waals surface area contributed by atoms with Gasteiger partial charge in [-0.2, -0.15) is 18.3 Å². The molecule has 0 unspecified atom stereocenters. The number of hydrogen-bond acceptors (Lipinski definition) is 0. The van der Waals surface area contributed by atoms with E-state index in [9.17, 15) is 0 Å². The molecule has 0 spiro atoms. The van der Waals surface area contributed by atoms with Crippen LogP contribution in [-0.2, 0) is 19.5 Å². The van der Waals surface area contributed by atoms with Gasteiger partial charge >= 0.3 is 19.5 Å². The molecule has 2 aromatic rings. The Hall–Kier alpha value is -0.817. The molecule has 0 saturated carbocycles. The van der Waals surface area contributed by atoms with E-state index in [-0.39, 0.29) is 19.5 Å². The number of aromatic amines is 2. The molecular weight excluding hydrogens is 237 g/mol. The first-order chi connectivity index (χ1) is 5.39. The molecule has 12 heavy (non-hydrogen) atoms. The van der Waals surface area contributed by atoms with Crippen molar-refractivity contribution >= 4 is 0 Å². The standard InChI is InChI=1S/C5H6N.C4H4N.Ru/c1-5-3-2-4-6-5;1-2-4-5-3-1;/h2,4,6H,1H3;1-3,5H;/q2*-1;+2. The van der Waals surface area contributed by atoms with Gasteiger partial charge in [0, 0.05) is 0 Å². The Morgan fingerprint density at radius 2 is 2.08 bits per heavy atom. The van der Waals surface area contributed by atoms with Crippen LogP contribution in [0.5, 0.6) is 0 Å². The molecule has 64 valence electrons. The monoisotopic (exact) mass is 248 g/mol. The van der Waals surface area contributed by atoms with Crippen molar-refractivity contribution < 1.29 is 19.5 Å². The second-order valence-electron chi connectivity index (χ2n) is 2.06. The van der Waals surface area contributed by atoms with Gasteiger partial charge in [0.2, 0.25) is 0 Å². The van der Waals surface area contributed by atoms with Gasteiger partial charge in [-0.15, -0.1) is 12.4 Å². The summed E-state index contributed by atoms with van der Waals surface area (Å²) in [7, 11) is 0. The van der Waals surface area contributed by atoms with Crippen molar-refractivity contribution in [3.63, 3.8) is 0 Å². The van der Waals surface area contributed by atoms with Crippen LogP contribution in [0.25, 0.3) is 0 Å². The third-order valence-corrected chi connectivity index (χ3v) is 1.13. The van der Waals surface area contributed by atoms with E-state index in [2.05, 4.69) is 22.2 Å². The van der Waals surface area contributed by atoms with Gasteiger partial charge < -0.3 is 9.97 Å². The molecule has 0 aromatic carbocycles. The predicted octanol–water partition coefficient (Wildman–Crippen LogP) is 1.94. The molecule has 3 heteroatoms. The van der Waals surface area contributed by atoms with E-state index < -0.39 is 0 Å². The van der Waals surface area contributed by atoms with Crippen LogP contribution < -0.4 is 0 Å². The maximum absolute atomic E-state index is 2.94. The summed E-state index contributed by atoms with van der Waals surface area (Å²) < 4.78 is 0. The maximum Gasteiger partial charge on any atom is 2.00 e. The fourth-order valence-electron chi connectivity index (χ4n) is 0.616.